The first-order chi connectivity index (χ1) is 3.13. The summed E-state index contributed by atoms with van der Waals surface area (Å²) in [6, 6.07) is 0. The Morgan fingerprint density at radius 3 is 2.00 bits per heavy atom. The lowest BCUT2D eigenvalue weighted by molar-refractivity contribution is 0.265. The molecule has 0 bridgehead atoms. The van der Waals surface area contributed by atoms with Crippen LogP contribution in [0.2, 0.25) is 0 Å². The van der Waals surface area contributed by atoms with Crippen molar-refractivity contribution in [1.82, 2.24) is 4.90 Å². The molecule has 0 aliphatic rings. The second kappa shape index (κ2) is 2.97. The van der Waals surface area contributed by atoms with E-state index in [1.54, 1.807) is 6.92 Å². The highest BCUT2D eigenvalue weighted by Gasteiger charge is 1.96. The molecule has 0 aliphatic carbocycles. The molecule has 0 spiro atoms. The average molecular weight is 105 g/mol. The minimum atomic E-state index is -0.699. The van der Waals surface area contributed by atoms with Crippen molar-refractivity contribution < 1.29 is 4.39 Å². The maximum absolute atomic E-state index is 11.9. The quantitative estimate of drug-likeness (QED) is 0.504. The first-order valence-corrected chi connectivity index (χ1v) is 2.41. The third kappa shape index (κ3) is 5.89. The molecule has 44 valence electrons. The summed E-state index contributed by atoms with van der Waals surface area (Å²) in [5.41, 5.74) is 0. The molecule has 0 N–H and O–H groups in total. The van der Waals surface area contributed by atoms with E-state index in [1.807, 2.05) is 19.0 Å². The molecule has 0 rings (SSSR count). The van der Waals surface area contributed by atoms with Crippen LogP contribution < -0.4 is 0 Å². The summed E-state index contributed by atoms with van der Waals surface area (Å²) in [6.07, 6.45) is -0.699. The SMILES string of the molecule is CC(F)CN(C)C. The van der Waals surface area contributed by atoms with Crippen molar-refractivity contribution >= 4 is 0 Å². The van der Waals surface area contributed by atoms with Crippen LogP contribution >= 0.6 is 0 Å². The van der Waals surface area contributed by atoms with Crippen LogP contribution in [-0.2, 0) is 0 Å². The van der Waals surface area contributed by atoms with Gasteiger partial charge in [0.2, 0.25) is 0 Å². The van der Waals surface area contributed by atoms with Crippen LogP contribution in [0.1, 0.15) is 6.92 Å². The zero-order chi connectivity index (χ0) is 5.86. The summed E-state index contributed by atoms with van der Waals surface area (Å²) >= 11 is 0. The van der Waals surface area contributed by atoms with Crippen molar-refractivity contribution in [2.45, 2.75) is 13.1 Å². The zero-order valence-corrected chi connectivity index (χ0v) is 5.11. The van der Waals surface area contributed by atoms with Gasteiger partial charge < -0.3 is 4.90 Å². The van der Waals surface area contributed by atoms with Crippen LogP contribution in [0.25, 0.3) is 0 Å². The lowest BCUT2D eigenvalue weighted by Gasteiger charge is -2.08. The fraction of sp³-hybridized carbons (Fsp3) is 1.00. The van der Waals surface area contributed by atoms with Crippen LogP contribution in [0, 0.1) is 0 Å². The van der Waals surface area contributed by atoms with E-state index in [2.05, 4.69) is 0 Å². The van der Waals surface area contributed by atoms with Gasteiger partial charge >= 0.3 is 0 Å². The van der Waals surface area contributed by atoms with Gasteiger partial charge in [0, 0.05) is 6.54 Å². The zero-order valence-electron chi connectivity index (χ0n) is 5.11. The van der Waals surface area contributed by atoms with Crippen LogP contribution in [-0.4, -0.2) is 31.7 Å². The first-order valence-electron chi connectivity index (χ1n) is 2.41. The molecule has 1 atom stereocenters. The van der Waals surface area contributed by atoms with Gasteiger partial charge in [-0.05, 0) is 21.0 Å². The Balaban J connectivity index is 2.95. The van der Waals surface area contributed by atoms with E-state index < -0.39 is 6.17 Å². The molecule has 0 aromatic heterocycles. The molecule has 0 aromatic rings. The van der Waals surface area contributed by atoms with Gasteiger partial charge in [-0.25, -0.2) is 4.39 Å². The smallest absolute Gasteiger partial charge is 0.110 e. The maximum atomic E-state index is 11.9. The molecular formula is C5H12FN. The summed E-state index contributed by atoms with van der Waals surface area (Å²) in [4.78, 5) is 1.82. The van der Waals surface area contributed by atoms with E-state index in [-0.39, 0.29) is 0 Å². The minimum Gasteiger partial charge on any atom is -0.307 e. The Morgan fingerprint density at radius 1 is 1.57 bits per heavy atom. The van der Waals surface area contributed by atoms with Crippen molar-refractivity contribution in [2.24, 2.45) is 0 Å². The third-order valence-electron chi connectivity index (χ3n) is 0.617. The van der Waals surface area contributed by atoms with Gasteiger partial charge in [-0.15, -0.1) is 0 Å². The van der Waals surface area contributed by atoms with Crippen LogP contribution in [0.5, 0.6) is 0 Å². The monoisotopic (exact) mass is 105 g/mol. The highest BCUT2D eigenvalue weighted by molar-refractivity contribution is 4.48. The lowest BCUT2D eigenvalue weighted by Crippen LogP contribution is -2.19. The number of alkyl halides is 1. The summed E-state index contributed by atoms with van der Waals surface area (Å²) in [7, 11) is 3.71. The normalized spacial score (nSPS) is 15.0. The molecule has 0 aliphatic heterocycles. The van der Waals surface area contributed by atoms with Crippen molar-refractivity contribution in [2.75, 3.05) is 20.6 Å². The lowest BCUT2D eigenvalue weighted by atomic mass is 10.4. The second-order valence-electron chi connectivity index (χ2n) is 2.04. The first kappa shape index (κ1) is 6.89. The maximum Gasteiger partial charge on any atom is 0.110 e. The Hall–Kier alpha value is -0.110. The van der Waals surface area contributed by atoms with E-state index in [0.29, 0.717) is 6.54 Å². The summed E-state index contributed by atoms with van der Waals surface area (Å²) in [5.74, 6) is 0. The molecule has 7 heavy (non-hydrogen) atoms. The molecule has 0 saturated carbocycles. The van der Waals surface area contributed by atoms with Crippen molar-refractivity contribution in [1.29, 1.82) is 0 Å². The van der Waals surface area contributed by atoms with Gasteiger partial charge in [-0.3, -0.25) is 0 Å². The molecule has 1 unspecified atom stereocenters. The number of hydrogen-bond acceptors (Lipinski definition) is 1. The number of nitrogens with zero attached hydrogens (tertiary/aromatic N) is 1. The van der Waals surface area contributed by atoms with E-state index in [9.17, 15) is 4.39 Å². The predicted octanol–water partition coefficient (Wildman–Crippen LogP) is 0.906. The van der Waals surface area contributed by atoms with Gasteiger partial charge in [0.1, 0.15) is 6.17 Å². The highest BCUT2D eigenvalue weighted by atomic mass is 19.1. The second-order valence-corrected chi connectivity index (χ2v) is 2.04. The number of halogens is 1. The average Bonchev–Trinajstić information content (AvgIpc) is 1.27. The molecule has 0 radical (unpaired) electrons. The summed E-state index contributed by atoms with van der Waals surface area (Å²) in [5, 5.41) is 0. The minimum absolute atomic E-state index is 0.528. The van der Waals surface area contributed by atoms with Crippen LogP contribution in [0.3, 0.4) is 0 Å². The Morgan fingerprint density at radius 2 is 2.00 bits per heavy atom. The van der Waals surface area contributed by atoms with E-state index >= 15 is 0 Å². The largest absolute Gasteiger partial charge is 0.307 e. The summed E-state index contributed by atoms with van der Waals surface area (Å²) in [6.45, 7) is 2.08. The Bertz CT molecular complexity index is 37.3. The Labute approximate surface area is 44.1 Å². The number of rotatable bonds is 2. The molecule has 0 fully saturated rings. The van der Waals surface area contributed by atoms with Gasteiger partial charge in [0.25, 0.3) is 0 Å². The molecule has 0 saturated heterocycles. The molecule has 2 heteroatoms. The Kier molecular flexibility index (Phi) is 2.92. The predicted molar refractivity (Wildman–Crippen MR) is 29.1 cm³/mol. The topological polar surface area (TPSA) is 3.24 Å². The molecule has 0 amide bonds. The standard InChI is InChI=1S/C5H12FN/c1-5(6)4-7(2)3/h5H,4H2,1-3H3. The highest BCUT2D eigenvalue weighted by Crippen LogP contribution is 1.87. The van der Waals surface area contributed by atoms with Crippen LogP contribution in [0.15, 0.2) is 0 Å². The number of hydrogen-bond donors (Lipinski definition) is 0. The van der Waals surface area contributed by atoms with Gasteiger partial charge in [-0.1, -0.05) is 0 Å². The van der Waals surface area contributed by atoms with E-state index in [1.165, 1.54) is 0 Å². The van der Waals surface area contributed by atoms with Gasteiger partial charge in [-0.2, -0.15) is 0 Å². The molecule has 1 nitrogen and oxygen atoms in total. The van der Waals surface area contributed by atoms with Gasteiger partial charge in [0.15, 0.2) is 0 Å². The van der Waals surface area contributed by atoms with Crippen molar-refractivity contribution in [3.63, 3.8) is 0 Å². The molecule has 0 heterocycles. The van der Waals surface area contributed by atoms with E-state index in [0.717, 1.165) is 0 Å². The molecular weight excluding hydrogens is 93.1 g/mol. The fourth-order valence-electron chi connectivity index (χ4n) is 0.503. The van der Waals surface area contributed by atoms with Crippen molar-refractivity contribution in [3.05, 3.63) is 0 Å². The summed E-state index contributed by atoms with van der Waals surface area (Å²) < 4.78 is 11.9. The van der Waals surface area contributed by atoms with Crippen LogP contribution in [0.4, 0.5) is 4.39 Å². The van der Waals surface area contributed by atoms with Crippen molar-refractivity contribution in [3.8, 4) is 0 Å². The van der Waals surface area contributed by atoms with E-state index in [4.69, 9.17) is 0 Å². The van der Waals surface area contributed by atoms with Gasteiger partial charge in [0.05, 0.1) is 0 Å². The third-order valence-corrected chi connectivity index (χ3v) is 0.617. The molecule has 0 aromatic carbocycles. The fourth-order valence-corrected chi connectivity index (χ4v) is 0.503.